The van der Waals surface area contributed by atoms with Gasteiger partial charge in [0.25, 0.3) is 5.91 Å². The molecule has 1 heterocycles. The number of nitrogens with two attached hydrogens (primary N) is 1. The van der Waals surface area contributed by atoms with Crippen LogP contribution in [-0.4, -0.2) is 73.8 Å². The average molecular weight is 754 g/mol. The predicted molar refractivity (Wildman–Crippen MR) is 206 cm³/mol. The zero-order chi connectivity index (χ0) is 37.9. The third-order valence-corrected chi connectivity index (χ3v) is 9.44. The Morgan fingerprint density at radius 3 is 1.92 bits per heavy atom. The molecule has 4 amide bonds. The fourth-order valence-corrected chi connectivity index (χ4v) is 5.93. The molecule has 0 unspecified atom stereocenters. The number of benzene rings is 2. The van der Waals surface area contributed by atoms with Gasteiger partial charge in [-0.15, -0.1) is 0 Å². The Balaban J connectivity index is 1.21. The minimum atomic E-state index is -3.79. The number of aromatic nitrogens is 2. The SMILES string of the molecule is C=C(CCC(=O)NCC(=O)NCCCCCCCCCCNC(=O)c1ccc(-c2cc(C)nn2-c2ccc(S(N)(=O)=O)cc2)cc1)CNC(=O)CS. The molecular formula is C37H51N7O6S2. The van der Waals surface area contributed by atoms with E-state index in [1.165, 1.54) is 12.1 Å². The number of nitrogens with one attached hydrogen (secondary N) is 4. The van der Waals surface area contributed by atoms with Crippen LogP contribution in [0.2, 0.25) is 0 Å². The summed E-state index contributed by atoms with van der Waals surface area (Å²) in [5.41, 5.74) is 4.45. The number of sulfonamides is 1. The van der Waals surface area contributed by atoms with E-state index < -0.39 is 10.0 Å². The molecule has 282 valence electrons. The third-order valence-electron chi connectivity index (χ3n) is 8.23. The lowest BCUT2D eigenvalue weighted by atomic mass is 10.1. The maximum absolute atomic E-state index is 12.7. The number of carbonyl (C=O) groups is 4. The number of hydrogen-bond acceptors (Lipinski definition) is 8. The molecule has 0 aliphatic heterocycles. The normalized spacial score (nSPS) is 11.1. The highest BCUT2D eigenvalue weighted by atomic mass is 32.2. The molecule has 0 bridgehead atoms. The van der Waals surface area contributed by atoms with Crippen LogP contribution >= 0.6 is 12.6 Å². The molecule has 0 radical (unpaired) electrons. The molecule has 0 saturated heterocycles. The van der Waals surface area contributed by atoms with Gasteiger partial charge in [0.1, 0.15) is 0 Å². The minimum absolute atomic E-state index is 0.0258. The Hall–Kier alpha value is -4.47. The summed E-state index contributed by atoms with van der Waals surface area (Å²) in [4.78, 5) is 47.9. The van der Waals surface area contributed by atoms with E-state index in [1.54, 1.807) is 28.9 Å². The first kappa shape index (κ1) is 41.9. The molecule has 0 atom stereocenters. The van der Waals surface area contributed by atoms with Gasteiger partial charge in [-0.2, -0.15) is 17.7 Å². The van der Waals surface area contributed by atoms with E-state index in [0.29, 0.717) is 37.3 Å². The molecule has 15 heteroatoms. The quantitative estimate of drug-likeness (QED) is 0.0479. The molecule has 3 aromatic rings. The largest absolute Gasteiger partial charge is 0.355 e. The van der Waals surface area contributed by atoms with E-state index in [4.69, 9.17) is 5.14 Å². The van der Waals surface area contributed by atoms with Crippen LogP contribution in [0.4, 0.5) is 0 Å². The lowest BCUT2D eigenvalue weighted by molar-refractivity contribution is -0.126. The number of primary sulfonamides is 1. The molecule has 0 aliphatic rings. The van der Waals surface area contributed by atoms with Crippen LogP contribution < -0.4 is 26.4 Å². The molecule has 0 aliphatic carbocycles. The summed E-state index contributed by atoms with van der Waals surface area (Å²) in [6, 6.07) is 15.4. The number of thiol groups is 1. The van der Waals surface area contributed by atoms with Crippen molar-refractivity contribution < 1.29 is 27.6 Å². The smallest absolute Gasteiger partial charge is 0.251 e. The number of amides is 4. The van der Waals surface area contributed by atoms with Crippen molar-refractivity contribution in [3.05, 3.63) is 78.0 Å². The van der Waals surface area contributed by atoms with E-state index in [9.17, 15) is 27.6 Å². The summed E-state index contributed by atoms with van der Waals surface area (Å²) in [5, 5.41) is 20.8. The van der Waals surface area contributed by atoms with Crippen LogP contribution in [-0.2, 0) is 24.4 Å². The van der Waals surface area contributed by atoms with Gasteiger partial charge in [-0.05, 0) is 68.7 Å². The van der Waals surface area contributed by atoms with Crippen molar-refractivity contribution in [2.75, 3.05) is 31.9 Å². The number of unbranched alkanes of at least 4 members (excludes halogenated alkanes) is 7. The van der Waals surface area contributed by atoms with Crippen molar-refractivity contribution >= 4 is 46.3 Å². The van der Waals surface area contributed by atoms with Gasteiger partial charge < -0.3 is 21.3 Å². The summed E-state index contributed by atoms with van der Waals surface area (Å²) in [6.45, 7) is 7.13. The molecule has 52 heavy (non-hydrogen) atoms. The molecule has 2 aromatic carbocycles. The van der Waals surface area contributed by atoms with Crippen molar-refractivity contribution in [3.63, 3.8) is 0 Å². The third kappa shape index (κ3) is 15.0. The molecular weight excluding hydrogens is 703 g/mol. The van der Waals surface area contributed by atoms with Crippen LogP contribution in [0.3, 0.4) is 0 Å². The Labute approximate surface area is 312 Å². The molecule has 0 spiro atoms. The summed E-state index contributed by atoms with van der Waals surface area (Å²) >= 11 is 3.88. The standard InChI is InChI=1S/C37H51N7O6S2/c1-27(24-41-36(47)26-51)11-20-34(45)42-25-35(46)39-21-9-7-5-3-4-6-8-10-22-40-37(48)30-14-12-29(13-15-30)33-23-28(2)43-44(33)31-16-18-32(19-17-31)52(38,49)50/h12-19,23,51H,1,3-11,20-22,24-26H2,2H3,(H,39,46)(H,40,48)(H,41,47)(H,42,45)(H2,38,49,50). The zero-order valence-electron chi connectivity index (χ0n) is 29.8. The fourth-order valence-electron chi connectivity index (χ4n) is 5.30. The summed E-state index contributed by atoms with van der Waals surface area (Å²) < 4.78 is 25.0. The van der Waals surface area contributed by atoms with Gasteiger partial charge in [0.2, 0.25) is 27.7 Å². The van der Waals surface area contributed by atoms with Crippen molar-refractivity contribution in [2.24, 2.45) is 5.14 Å². The molecule has 0 saturated carbocycles. The Morgan fingerprint density at radius 2 is 1.33 bits per heavy atom. The minimum Gasteiger partial charge on any atom is -0.355 e. The van der Waals surface area contributed by atoms with Crippen LogP contribution in [0.5, 0.6) is 0 Å². The van der Waals surface area contributed by atoms with Gasteiger partial charge in [-0.25, -0.2) is 18.2 Å². The first-order valence-corrected chi connectivity index (χ1v) is 19.7. The molecule has 3 rings (SSSR count). The van der Waals surface area contributed by atoms with Crippen LogP contribution in [0.1, 0.15) is 80.3 Å². The van der Waals surface area contributed by atoms with Crippen LogP contribution in [0, 0.1) is 6.92 Å². The van der Waals surface area contributed by atoms with Gasteiger partial charge in [0, 0.05) is 37.2 Å². The van der Waals surface area contributed by atoms with Gasteiger partial charge in [0.05, 0.1) is 34.3 Å². The zero-order valence-corrected chi connectivity index (χ0v) is 31.5. The number of hydrogen-bond donors (Lipinski definition) is 6. The average Bonchev–Trinajstić information content (AvgIpc) is 3.53. The summed E-state index contributed by atoms with van der Waals surface area (Å²) in [7, 11) is -3.79. The number of rotatable bonds is 23. The lowest BCUT2D eigenvalue weighted by Gasteiger charge is -2.10. The van der Waals surface area contributed by atoms with E-state index in [1.807, 2.05) is 25.1 Å². The topological polar surface area (TPSA) is 194 Å². The van der Waals surface area contributed by atoms with Crippen molar-refractivity contribution in [1.29, 1.82) is 0 Å². The maximum atomic E-state index is 12.7. The highest BCUT2D eigenvalue weighted by Crippen LogP contribution is 2.25. The predicted octanol–water partition coefficient (Wildman–Crippen LogP) is 3.96. The van der Waals surface area contributed by atoms with Gasteiger partial charge in [0.15, 0.2) is 0 Å². The fraction of sp³-hybridized carbons (Fsp3) is 0.432. The first-order chi connectivity index (χ1) is 24.9. The Morgan fingerprint density at radius 1 is 0.750 bits per heavy atom. The van der Waals surface area contributed by atoms with E-state index in [2.05, 4.69) is 45.6 Å². The highest BCUT2D eigenvalue weighted by molar-refractivity contribution is 7.89. The number of nitrogens with zero attached hydrogens (tertiary/aromatic N) is 2. The van der Waals surface area contributed by atoms with Crippen molar-refractivity contribution in [1.82, 2.24) is 31.0 Å². The van der Waals surface area contributed by atoms with E-state index in [0.717, 1.165) is 73.9 Å². The van der Waals surface area contributed by atoms with Gasteiger partial charge in [-0.1, -0.05) is 62.8 Å². The molecule has 13 nitrogen and oxygen atoms in total. The highest BCUT2D eigenvalue weighted by Gasteiger charge is 2.14. The van der Waals surface area contributed by atoms with E-state index in [-0.39, 0.29) is 47.2 Å². The van der Waals surface area contributed by atoms with Crippen LogP contribution in [0.25, 0.3) is 16.9 Å². The van der Waals surface area contributed by atoms with Crippen molar-refractivity contribution in [3.8, 4) is 16.9 Å². The molecule has 1 aromatic heterocycles. The second kappa shape index (κ2) is 21.8. The maximum Gasteiger partial charge on any atom is 0.251 e. The monoisotopic (exact) mass is 753 g/mol. The summed E-state index contributed by atoms with van der Waals surface area (Å²) in [5.74, 6) is -0.677. The first-order valence-electron chi connectivity index (χ1n) is 17.5. The van der Waals surface area contributed by atoms with Gasteiger partial charge in [-0.3, -0.25) is 19.2 Å². The second-order valence-electron chi connectivity index (χ2n) is 12.6. The second-order valence-corrected chi connectivity index (χ2v) is 14.5. The Kier molecular flexibility index (Phi) is 17.6. The Bertz CT molecular complexity index is 1760. The van der Waals surface area contributed by atoms with Gasteiger partial charge >= 0.3 is 0 Å². The van der Waals surface area contributed by atoms with Crippen molar-refractivity contribution in [2.45, 2.75) is 76.0 Å². The lowest BCUT2D eigenvalue weighted by Crippen LogP contribution is -2.37. The number of aryl methyl sites for hydroxylation is 1. The summed E-state index contributed by atoms with van der Waals surface area (Å²) in [6.07, 6.45) is 8.88. The number of carbonyl (C=O) groups excluding carboxylic acids is 4. The molecule has 6 N–H and O–H groups in total. The molecule has 0 fully saturated rings. The van der Waals surface area contributed by atoms with Crippen LogP contribution in [0.15, 0.2) is 71.6 Å². The van der Waals surface area contributed by atoms with E-state index >= 15 is 0 Å².